The number of aliphatic carboxylic acids is 1. The molecule has 0 saturated heterocycles. The highest BCUT2D eigenvalue weighted by atomic mass is 16.4. The number of hydrogen-bond donors (Lipinski definition) is 2. The van der Waals surface area contributed by atoms with Crippen LogP contribution in [0.15, 0.2) is 5.11 Å². The van der Waals surface area contributed by atoms with Crippen molar-refractivity contribution in [3.8, 4) is 0 Å². The maximum absolute atomic E-state index is 10.3. The molecule has 66 valence electrons. The van der Waals surface area contributed by atoms with Gasteiger partial charge in [-0.3, -0.25) is 9.59 Å². The molecule has 7 heteroatoms. The summed E-state index contributed by atoms with van der Waals surface area (Å²) in [5.74, 6) is -1.87. The smallest absolute Gasteiger partial charge is 0.312 e. The van der Waals surface area contributed by atoms with Crippen LogP contribution >= 0.6 is 0 Å². The minimum absolute atomic E-state index is 0.0608. The summed E-state index contributed by atoms with van der Waals surface area (Å²) in [5, 5.41) is 11.4. The van der Waals surface area contributed by atoms with Crippen LogP contribution in [0, 0.1) is 0 Å². The molecule has 0 fully saturated rings. The third-order valence-corrected chi connectivity index (χ3v) is 1.14. The second-order valence-corrected chi connectivity index (χ2v) is 2.06. The summed E-state index contributed by atoms with van der Waals surface area (Å²) < 4.78 is 0. The van der Waals surface area contributed by atoms with E-state index in [1.54, 1.807) is 0 Å². The SMILES string of the molecule is [N-]=[N+]=N[C@@H](CCC(N)=O)C(=O)O. The maximum atomic E-state index is 10.3. The van der Waals surface area contributed by atoms with Crippen molar-refractivity contribution in [3.05, 3.63) is 10.4 Å². The van der Waals surface area contributed by atoms with Crippen molar-refractivity contribution in [1.29, 1.82) is 0 Å². The molecule has 0 saturated carbocycles. The summed E-state index contributed by atoms with van der Waals surface area (Å²) in [6.07, 6.45) is -0.162. The van der Waals surface area contributed by atoms with E-state index in [0.29, 0.717) is 0 Å². The van der Waals surface area contributed by atoms with Crippen molar-refractivity contribution in [2.45, 2.75) is 18.9 Å². The first kappa shape index (κ1) is 10.2. The minimum Gasteiger partial charge on any atom is -0.481 e. The number of nitrogens with two attached hydrogens (primary N) is 1. The van der Waals surface area contributed by atoms with Crippen molar-refractivity contribution in [2.75, 3.05) is 0 Å². The van der Waals surface area contributed by atoms with Crippen LogP contribution in [0.5, 0.6) is 0 Å². The highest BCUT2D eigenvalue weighted by molar-refractivity contribution is 5.77. The lowest BCUT2D eigenvalue weighted by molar-refractivity contribution is -0.138. The molecule has 0 aliphatic rings. The fraction of sp³-hybridized carbons (Fsp3) is 0.600. The van der Waals surface area contributed by atoms with Gasteiger partial charge in [-0.05, 0) is 12.0 Å². The monoisotopic (exact) mass is 172 g/mol. The van der Waals surface area contributed by atoms with Crippen molar-refractivity contribution in [3.63, 3.8) is 0 Å². The standard InChI is InChI=1S/C5H8N4O3/c6-4(10)2-1-3(5(11)12)8-9-7/h3H,1-2H2,(H2,6,10)(H,11,12)/t3-/m0/s1. The van der Waals surface area contributed by atoms with Gasteiger partial charge in [0.1, 0.15) is 6.04 Å². The lowest BCUT2D eigenvalue weighted by Crippen LogP contribution is -2.20. The second-order valence-electron chi connectivity index (χ2n) is 2.06. The molecule has 0 aromatic carbocycles. The summed E-state index contributed by atoms with van der Waals surface area (Å²) in [4.78, 5) is 22.8. The number of hydrogen-bond acceptors (Lipinski definition) is 3. The van der Waals surface area contributed by atoms with Gasteiger partial charge in [0.25, 0.3) is 0 Å². The van der Waals surface area contributed by atoms with Crippen LogP contribution in [0.25, 0.3) is 10.4 Å². The summed E-state index contributed by atoms with van der Waals surface area (Å²) in [7, 11) is 0. The molecule has 0 spiro atoms. The first-order chi connectivity index (χ1) is 5.57. The van der Waals surface area contributed by atoms with Crippen LogP contribution in [-0.4, -0.2) is 23.0 Å². The summed E-state index contributed by atoms with van der Waals surface area (Å²) in [5.41, 5.74) is 12.7. The Morgan fingerprint density at radius 1 is 1.67 bits per heavy atom. The van der Waals surface area contributed by atoms with Gasteiger partial charge in [0.2, 0.25) is 5.91 Å². The van der Waals surface area contributed by atoms with Gasteiger partial charge in [-0.15, -0.1) is 0 Å². The van der Waals surface area contributed by atoms with Gasteiger partial charge in [0, 0.05) is 11.3 Å². The van der Waals surface area contributed by atoms with E-state index >= 15 is 0 Å². The summed E-state index contributed by atoms with van der Waals surface area (Å²) in [6, 6.07) is -1.21. The number of carboxylic acid groups (broad SMARTS) is 1. The molecule has 1 amide bonds. The zero-order chi connectivity index (χ0) is 9.56. The third-order valence-electron chi connectivity index (χ3n) is 1.14. The van der Waals surface area contributed by atoms with E-state index in [2.05, 4.69) is 10.0 Å². The van der Waals surface area contributed by atoms with E-state index in [9.17, 15) is 9.59 Å². The van der Waals surface area contributed by atoms with Crippen molar-refractivity contribution < 1.29 is 14.7 Å². The summed E-state index contributed by atoms with van der Waals surface area (Å²) in [6.45, 7) is 0. The predicted octanol–water partition coefficient (Wildman–Crippen LogP) is 0.0154. The zero-order valence-corrected chi connectivity index (χ0v) is 6.17. The number of carbonyl (C=O) groups excluding carboxylic acids is 1. The van der Waals surface area contributed by atoms with Gasteiger partial charge in [0.05, 0.1) is 0 Å². The Hall–Kier alpha value is -1.75. The van der Waals surface area contributed by atoms with Crippen LogP contribution in [0.1, 0.15) is 12.8 Å². The van der Waals surface area contributed by atoms with E-state index in [-0.39, 0.29) is 12.8 Å². The Balaban J connectivity index is 4.05. The van der Waals surface area contributed by atoms with Gasteiger partial charge in [-0.25, -0.2) is 0 Å². The van der Waals surface area contributed by atoms with Gasteiger partial charge in [0.15, 0.2) is 0 Å². The predicted molar refractivity (Wildman–Crippen MR) is 39.0 cm³/mol. The second kappa shape index (κ2) is 4.97. The fourth-order valence-corrected chi connectivity index (χ4v) is 0.572. The van der Waals surface area contributed by atoms with Gasteiger partial charge >= 0.3 is 5.97 Å². The van der Waals surface area contributed by atoms with E-state index in [4.69, 9.17) is 16.4 Å². The van der Waals surface area contributed by atoms with E-state index in [0.717, 1.165) is 0 Å². The molecule has 0 rings (SSSR count). The number of primary amides is 1. The summed E-state index contributed by atoms with van der Waals surface area (Å²) >= 11 is 0. The highest BCUT2D eigenvalue weighted by Gasteiger charge is 2.15. The molecule has 0 bridgehead atoms. The largest absolute Gasteiger partial charge is 0.481 e. The van der Waals surface area contributed by atoms with Gasteiger partial charge < -0.3 is 10.8 Å². The minimum atomic E-state index is -1.26. The highest BCUT2D eigenvalue weighted by Crippen LogP contribution is 2.01. The molecule has 0 aromatic heterocycles. The molecular formula is C5H8N4O3. The molecule has 0 aliphatic heterocycles. The van der Waals surface area contributed by atoms with Gasteiger partial charge in [-0.1, -0.05) is 5.11 Å². The molecule has 12 heavy (non-hydrogen) atoms. The average molecular weight is 172 g/mol. The Morgan fingerprint density at radius 3 is 2.58 bits per heavy atom. The van der Waals surface area contributed by atoms with E-state index in [1.807, 2.05) is 0 Å². The zero-order valence-electron chi connectivity index (χ0n) is 6.17. The molecule has 0 heterocycles. The van der Waals surface area contributed by atoms with E-state index in [1.165, 1.54) is 0 Å². The number of carboxylic acids is 1. The van der Waals surface area contributed by atoms with Crippen LogP contribution in [-0.2, 0) is 9.59 Å². The lowest BCUT2D eigenvalue weighted by atomic mass is 10.2. The molecule has 0 aromatic rings. The third kappa shape index (κ3) is 4.13. The van der Waals surface area contributed by atoms with Crippen LogP contribution in [0.3, 0.4) is 0 Å². The molecule has 1 atom stereocenters. The lowest BCUT2D eigenvalue weighted by Gasteiger charge is -2.01. The Kier molecular flexibility index (Phi) is 4.25. The number of rotatable bonds is 5. The van der Waals surface area contributed by atoms with Crippen LogP contribution in [0.2, 0.25) is 0 Å². The van der Waals surface area contributed by atoms with Crippen LogP contribution < -0.4 is 5.73 Å². The molecular weight excluding hydrogens is 164 g/mol. The number of carbonyl (C=O) groups is 2. The number of azide groups is 1. The van der Waals surface area contributed by atoms with Crippen molar-refractivity contribution >= 4 is 11.9 Å². The average Bonchev–Trinajstić information content (AvgIpc) is 1.96. The quantitative estimate of drug-likeness (QED) is 0.344. The number of amides is 1. The molecule has 3 N–H and O–H groups in total. The topological polar surface area (TPSA) is 129 Å². The Bertz CT molecular complexity index is 231. The molecule has 7 nitrogen and oxygen atoms in total. The van der Waals surface area contributed by atoms with Crippen molar-refractivity contribution in [1.82, 2.24) is 0 Å². The first-order valence-electron chi connectivity index (χ1n) is 3.13. The van der Waals surface area contributed by atoms with Gasteiger partial charge in [-0.2, -0.15) is 0 Å². The van der Waals surface area contributed by atoms with Crippen molar-refractivity contribution in [2.24, 2.45) is 10.8 Å². The Labute approximate surface area is 67.8 Å². The maximum Gasteiger partial charge on any atom is 0.312 e. The Morgan fingerprint density at radius 2 is 2.25 bits per heavy atom. The molecule has 0 unspecified atom stereocenters. The number of nitrogens with zero attached hydrogens (tertiary/aromatic N) is 3. The molecule has 0 radical (unpaired) electrons. The normalized spacial score (nSPS) is 11.3. The van der Waals surface area contributed by atoms with Crippen LogP contribution in [0.4, 0.5) is 0 Å². The first-order valence-corrected chi connectivity index (χ1v) is 3.13. The molecule has 0 aliphatic carbocycles. The fourth-order valence-electron chi connectivity index (χ4n) is 0.572. The van der Waals surface area contributed by atoms with E-state index < -0.39 is 17.9 Å².